The zero-order valence-corrected chi connectivity index (χ0v) is 68.8. The van der Waals surface area contributed by atoms with E-state index in [0.29, 0.717) is 0 Å². The van der Waals surface area contributed by atoms with Crippen molar-refractivity contribution in [2.24, 2.45) is 0 Å². The summed E-state index contributed by atoms with van der Waals surface area (Å²) in [6.07, 6.45) is 0. The molecule has 0 nitrogen and oxygen atoms in total. The molecule has 23 aromatic carbocycles. The third-order valence-corrected chi connectivity index (χ3v) is 25.6. The third-order valence-electron chi connectivity index (χ3n) is 25.6. The van der Waals surface area contributed by atoms with Gasteiger partial charge >= 0.3 is 0 Å². The lowest BCUT2D eigenvalue weighted by molar-refractivity contribution is 1.32. The molecule has 0 bridgehead atoms. The summed E-state index contributed by atoms with van der Waals surface area (Å²) in [6.45, 7) is 6.63. The smallest absolute Gasteiger partial charge is 0.00201 e. The quantitative estimate of drug-likeness (QED) is 0.120. The largest absolute Gasteiger partial charge is 0.0622 e. The molecule has 0 unspecified atom stereocenters. The van der Waals surface area contributed by atoms with E-state index in [9.17, 15) is 0 Å². The lowest BCUT2D eigenvalue weighted by Gasteiger charge is -2.19. The molecule has 0 heterocycles. The van der Waals surface area contributed by atoms with Gasteiger partial charge in [0.2, 0.25) is 0 Å². The first kappa shape index (κ1) is 73.7. The zero-order chi connectivity index (χ0) is 82.0. The Morgan fingerprint density at radius 1 is 0.122 bits per heavy atom. The summed E-state index contributed by atoms with van der Waals surface area (Å²) >= 11 is 0. The Kier molecular flexibility index (Phi) is 18.8. The Morgan fingerprint density at radius 3 is 0.780 bits per heavy atom. The fourth-order valence-electron chi connectivity index (χ4n) is 20.2. The molecule has 0 aromatic heterocycles. The van der Waals surface area contributed by atoms with Gasteiger partial charge in [0.15, 0.2) is 0 Å². The van der Waals surface area contributed by atoms with Crippen molar-refractivity contribution in [3.63, 3.8) is 0 Å². The van der Waals surface area contributed by atoms with Crippen LogP contribution in [0.3, 0.4) is 0 Å². The topological polar surface area (TPSA) is 0 Å². The van der Waals surface area contributed by atoms with Crippen LogP contribution in [0.4, 0.5) is 0 Å². The van der Waals surface area contributed by atoms with Gasteiger partial charge in [0.25, 0.3) is 0 Å². The normalized spacial score (nSPS) is 11.5. The van der Waals surface area contributed by atoms with E-state index in [1.54, 1.807) is 0 Å². The van der Waals surface area contributed by atoms with Gasteiger partial charge in [-0.1, -0.05) is 436 Å². The van der Waals surface area contributed by atoms with Gasteiger partial charge in [-0.2, -0.15) is 0 Å². The summed E-state index contributed by atoms with van der Waals surface area (Å²) < 4.78 is 0. The Morgan fingerprint density at radius 2 is 0.366 bits per heavy atom. The van der Waals surface area contributed by atoms with Crippen LogP contribution < -0.4 is 0 Å². The van der Waals surface area contributed by atoms with E-state index >= 15 is 0 Å². The first-order chi connectivity index (χ1) is 60.8. The summed E-state index contributed by atoms with van der Waals surface area (Å²) in [5.74, 6) is 0. The molecule has 0 saturated heterocycles. The summed E-state index contributed by atoms with van der Waals surface area (Å²) in [4.78, 5) is 0. The summed E-state index contributed by atoms with van der Waals surface area (Å²) in [6, 6.07) is 167. The fraction of sp³-hybridized carbons (Fsp3) is 0.0244. The number of hydrogen-bond acceptors (Lipinski definition) is 0. The molecule has 0 heteroatoms. The summed E-state index contributed by atoms with van der Waals surface area (Å²) in [5, 5.41) is 23.1. The second-order valence-electron chi connectivity index (χ2n) is 32.9. The molecule has 1 aliphatic rings. The molecule has 24 rings (SSSR count). The highest BCUT2D eigenvalue weighted by Crippen LogP contribution is 2.54. The lowest BCUT2D eigenvalue weighted by Crippen LogP contribution is -1.93. The number of fused-ring (bicyclic) bond motifs is 11. The van der Waals surface area contributed by atoms with Gasteiger partial charge in [-0.25, -0.2) is 0 Å². The molecule has 1 aliphatic carbocycles. The standard InChI is InChI=1S/C42H26.C42H28.C39H30/c1-2-11-27(12-3-1)28-21-23-29(24-22-28)40-33-15-6-8-17-35(33)42(36-18-9-7-16-34(36)40)39-26-25-38-31-14-5-4-13-30(31)32-19-10-20-37(39)41(32)38;1-2-11-29(12-3-1)34-15-10-16-35(27-34)31-21-24-32(25-22-31)41-37-17-6-8-19-39(37)42(40-20-9-7-18-38(40)41)36-26-23-30-13-4-5-14-33(30)28-36;1-25-21-26(2)37(27(3)22-25)30-13-10-14-31(24-30)38-33-15-6-8-17-35(33)39(36-18-9-7-16-34(36)38)32-20-19-28-11-4-5-12-29(28)23-32/h1-26H;1-28H;4-24H,1-3H3. The van der Waals surface area contributed by atoms with Crippen LogP contribution in [0.2, 0.25) is 0 Å². The predicted octanol–water partition coefficient (Wildman–Crippen LogP) is 34.7. The maximum absolute atomic E-state index is 2.38. The average molecular weight is 1560 g/mol. The third kappa shape index (κ3) is 13.2. The summed E-state index contributed by atoms with van der Waals surface area (Å²) in [5.41, 5.74) is 34.6. The second kappa shape index (κ2) is 31.3. The molecule has 0 spiro atoms. The number of aryl methyl sites for hydroxylation is 3. The van der Waals surface area contributed by atoms with Crippen LogP contribution in [0.15, 0.2) is 455 Å². The van der Waals surface area contributed by atoms with Crippen LogP contribution in [-0.4, -0.2) is 0 Å². The van der Waals surface area contributed by atoms with Crippen molar-refractivity contribution in [2.75, 3.05) is 0 Å². The monoisotopic (exact) mass is 1560 g/mol. The van der Waals surface area contributed by atoms with Crippen LogP contribution in [-0.2, 0) is 0 Å². The van der Waals surface area contributed by atoms with Crippen molar-refractivity contribution in [1.29, 1.82) is 0 Å². The van der Waals surface area contributed by atoms with Crippen molar-refractivity contribution in [2.45, 2.75) is 20.8 Å². The van der Waals surface area contributed by atoms with E-state index in [1.807, 2.05) is 0 Å². The maximum Gasteiger partial charge on any atom is -0.00201 e. The van der Waals surface area contributed by atoms with E-state index in [2.05, 4.69) is 476 Å². The zero-order valence-electron chi connectivity index (χ0n) is 68.8. The van der Waals surface area contributed by atoms with Crippen LogP contribution in [0, 0.1) is 20.8 Å². The Labute approximate surface area is 717 Å². The van der Waals surface area contributed by atoms with Gasteiger partial charge in [-0.3, -0.25) is 0 Å². The van der Waals surface area contributed by atoms with Crippen LogP contribution in [0.1, 0.15) is 16.7 Å². The highest BCUT2D eigenvalue weighted by molar-refractivity contribution is 6.28. The molecule has 0 saturated carbocycles. The van der Waals surface area contributed by atoms with Crippen LogP contribution in [0.25, 0.3) is 230 Å². The molecule has 123 heavy (non-hydrogen) atoms. The molecular formula is C123H84. The van der Waals surface area contributed by atoms with Crippen molar-refractivity contribution in [3.05, 3.63) is 472 Å². The molecule has 0 aliphatic heterocycles. The minimum Gasteiger partial charge on any atom is -0.0622 e. The second-order valence-corrected chi connectivity index (χ2v) is 32.9. The molecule has 576 valence electrons. The maximum atomic E-state index is 2.38. The first-order valence-corrected chi connectivity index (χ1v) is 42.8. The lowest BCUT2D eigenvalue weighted by atomic mass is 9.84. The van der Waals surface area contributed by atoms with E-state index in [0.717, 1.165) is 0 Å². The van der Waals surface area contributed by atoms with Gasteiger partial charge in [-0.05, 0) is 287 Å². The Balaban J connectivity index is 0.000000110. The molecule has 23 aromatic rings. The summed E-state index contributed by atoms with van der Waals surface area (Å²) in [7, 11) is 0. The predicted molar refractivity (Wildman–Crippen MR) is 530 cm³/mol. The average Bonchev–Trinajstić information content (AvgIpc) is 0.840. The first-order valence-electron chi connectivity index (χ1n) is 42.8. The van der Waals surface area contributed by atoms with E-state index in [4.69, 9.17) is 0 Å². The number of rotatable bonds is 10. The number of hydrogen-bond donors (Lipinski definition) is 0. The van der Waals surface area contributed by atoms with Crippen LogP contribution >= 0.6 is 0 Å². The van der Waals surface area contributed by atoms with E-state index in [1.165, 1.54) is 247 Å². The van der Waals surface area contributed by atoms with Gasteiger partial charge in [0, 0.05) is 0 Å². The van der Waals surface area contributed by atoms with Crippen molar-refractivity contribution in [1.82, 2.24) is 0 Å². The highest BCUT2D eigenvalue weighted by Gasteiger charge is 2.26. The Hall–Kier alpha value is -15.6. The molecule has 0 radical (unpaired) electrons. The SMILES string of the molecule is Cc1cc(C)c(-c2cccc(-c3c4ccccc4c(-c4ccc5ccccc5c4)c4ccccc34)c2)c(C)c1.c1ccc(-c2ccc(-c3c4ccccc4c(-c4ccc5c6c(cccc46)-c4ccccc4-5)c4ccccc34)cc2)cc1.c1ccc(-c2cccc(-c3ccc(-c4c5ccccc5c(-c5ccc6ccccc6c5)c5ccccc45)cc3)c2)cc1. The van der Waals surface area contributed by atoms with Gasteiger partial charge < -0.3 is 0 Å². The molecular weight excluding hydrogens is 1480 g/mol. The van der Waals surface area contributed by atoms with Gasteiger partial charge in [0.05, 0.1) is 0 Å². The minimum atomic E-state index is 1.22. The molecule has 0 atom stereocenters. The van der Waals surface area contributed by atoms with Crippen LogP contribution in [0.5, 0.6) is 0 Å². The van der Waals surface area contributed by atoms with Crippen molar-refractivity contribution < 1.29 is 0 Å². The van der Waals surface area contributed by atoms with Gasteiger partial charge in [0.1, 0.15) is 0 Å². The fourth-order valence-corrected chi connectivity index (χ4v) is 20.2. The van der Waals surface area contributed by atoms with E-state index in [-0.39, 0.29) is 0 Å². The Bertz CT molecular complexity index is 7880. The van der Waals surface area contributed by atoms with E-state index < -0.39 is 0 Å². The minimum absolute atomic E-state index is 1.22. The molecule has 0 fully saturated rings. The van der Waals surface area contributed by atoms with Gasteiger partial charge in [-0.15, -0.1) is 0 Å². The molecule has 0 N–H and O–H groups in total. The van der Waals surface area contributed by atoms with Crippen molar-refractivity contribution >= 4 is 97.0 Å². The number of benzene rings is 23. The van der Waals surface area contributed by atoms with Crippen molar-refractivity contribution in [3.8, 4) is 134 Å². The highest BCUT2D eigenvalue weighted by atomic mass is 14.3. The molecule has 0 amide bonds.